The summed E-state index contributed by atoms with van der Waals surface area (Å²) in [7, 11) is 0. The molecule has 0 atom stereocenters. The number of hydrogen-bond donors (Lipinski definition) is 1. The smallest absolute Gasteiger partial charge is 0.350 e. The highest BCUT2D eigenvalue weighted by atomic mass is 32.2. The predicted molar refractivity (Wildman–Crippen MR) is 89.9 cm³/mol. The molecule has 8 heteroatoms. The van der Waals surface area contributed by atoms with Crippen molar-refractivity contribution >= 4 is 40.2 Å². The number of amidine groups is 1. The Balaban J connectivity index is 1.55. The van der Waals surface area contributed by atoms with Gasteiger partial charge in [-0.15, -0.1) is 0 Å². The van der Waals surface area contributed by atoms with E-state index >= 15 is 0 Å². The van der Waals surface area contributed by atoms with Gasteiger partial charge >= 0.3 is 11.9 Å². The van der Waals surface area contributed by atoms with Gasteiger partial charge in [0.15, 0.2) is 10.7 Å². The Hall–Kier alpha value is -2.48. The summed E-state index contributed by atoms with van der Waals surface area (Å²) in [6.45, 7) is 4.70. The Labute approximate surface area is 142 Å². The number of nitrogens with zero attached hydrogens (tertiary/aromatic N) is 2. The van der Waals surface area contributed by atoms with Crippen molar-refractivity contribution in [1.29, 1.82) is 0 Å². The summed E-state index contributed by atoms with van der Waals surface area (Å²) in [6, 6.07) is 5.84. The molecule has 1 aromatic carbocycles. The fraction of sp³-hybridized carbons (Fsp3) is 0.312. The minimum absolute atomic E-state index is 0.160. The van der Waals surface area contributed by atoms with E-state index in [4.69, 9.17) is 9.47 Å². The Morgan fingerprint density at radius 1 is 1.29 bits per heavy atom. The van der Waals surface area contributed by atoms with E-state index in [9.17, 15) is 9.59 Å². The number of benzene rings is 1. The number of carbonyl (C=O) groups is 2. The average molecular weight is 345 g/mol. The number of hydrogen-bond acceptors (Lipinski definition) is 8. The van der Waals surface area contributed by atoms with Gasteiger partial charge in [0.1, 0.15) is 0 Å². The molecule has 0 radical (unpaired) electrons. The van der Waals surface area contributed by atoms with Gasteiger partial charge < -0.3 is 19.7 Å². The van der Waals surface area contributed by atoms with Crippen molar-refractivity contribution in [3.8, 4) is 0 Å². The van der Waals surface area contributed by atoms with Crippen molar-refractivity contribution < 1.29 is 19.1 Å². The molecule has 1 saturated heterocycles. The van der Waals surface area contributed by atoms with E-state index in [0.29, 0.717) is 0 Å². The van der Waals surface area contributed by atoms with Crippen molar-refractivity contribution in [3.05, 3.63) is 30.0 Å². The van der Waals surface area contributed by atoms with Crippen molar-refractivity contribution in [2.45, 2.75) is 24.5 Å². The van der Waals surface area contributed by atoms with Crippen LogP contribution in [-0.2, 0) is 19.1 Å². The summed E-state index contributed by atoms with van der Waals surface area (Å²) in [5.74, 6) is -2.63. The highest BCUT2D eigenvalue weighted by Gasteiger charge is 2.39. The van der Waals surface area contributed by atoms with Crippen LogP contribution in [0.25, 0.3) is 0 Å². The quantitative estimate of drug-likeness (QED) is 0.499. The summed E-state index contributed by atoms with van der Waals surface area (Å²) < 4.78 is 10.1. The lowest BCUT2D eigenvalue weighted by Crippen LogP contribution is -2.42. The first kappa shape index (κ1) is 15.1. The van der Waals surface area contributed by atoms with E-state index in [-0.39, 0.29) is 5.57 Å². The van der Waals surface area contributed by atoms with Gasteiger partial charge in [0.2, 0.25) is 0 Å². The minimum Gasteiger partial charge on any atom is -0.419 e. The number of aliphatic imine (C=N–C) groups is 1. The molecule has 1 fully saturated rings. The third-order valence-electron chi connectivity index (χ3n) is 3.75. The van der Waals surface area contributed by atoms with Crippen LogP contribution in [0.5, 0.6) is 0 Å². The zero-order valence-corrected chi connectivity index (χ0v) is 14.0. The highest BCUT2D eigenvalue weighted by molar-refractivity contribution is 8.14. The maximum absolute atomic E-state index is 11.9. The Bertz CT molecular complexity index is 794. The van der Waals surface area contributed by atoms with Crippen LogP contribution in [-0.4, -0.2) is 36.0 Å². The molecule has 4 rings (SSSR count). The third-order valence-corrected chi connectivity index (χ3v) is 4.85. The molecule has 24 heavy (non-hydrogen) atoms. The van der Waals surface area contributed by atoms with Crippen LogP contribution in [0.1, 0.15) is 13.8 Å². The molecule has 3 heterocycles. The molecule has 0 aromatic heterocycles. The molecule has 124 valence electrons. The zero-order chi connectivity index (χ0) is 16.9. The Morgan fingerprint density at radius 2 is 2.04 bits per heavy atom. The lowest BCUT2D eigenvalue weighted by Gasteiger charge is -2.29. The topological polar surface area (TPSA) is 80.2 Å². The maximum Gasteiger partial charge on any atom is 0.350 e. The van der Waals surface area contributed by atoms with E-state index in [1.165, 1.54) is 20.0 Å². The van der Waals surface area contributed by atoms with Crippen LogP contribution in [0.15, 0.2) is 39.9 Å². The van der Waals surface area contributed by atoms with Crippen LogP contribution in [0.4, 0.5) is 11.4 Å². The van der Waals surface area contributed by atoms with Crippen LogP contribution < -0.4 is 10.2 Å². The van der Waals surface area contributed by atoms with Gasteiger partial charge in [-0.1, -0.05) is 0 Å². The molecule has 0 amide bonds. The largest absolute Gasteiger partial charge is 0.419 e. The molecule has 1 N–H and O–H groups in total. The second-order valence-electron chi connectivity index (χ2n) is 5.98. The normalized spacial score (nSPS) is 20.8. The van der Waals surface area contributed by atoms with Gasteiger partial charge in [0.05, 0.1) is 12.2 Å². The van der Waals surface area contributed by atoms with Crippen LogP contribution in [0.3, 0.4) is 0 Å². The minimum atomic E-state index is -1.23. The number of thioether (sulfide) groups is 1. The van der Waals surface area contributed by atoms with E-state index in [2.05, 4.69) is 15.2 Å². The Morgan fingerprint density at radius 3 is 2.79 bits per heavy atom. The average Bonchev–Trinajstić information content (AvgIpc) is 3.06. The lowest BCUT2D eigenvalue weighted by molar-refractivity contribution is -0.222. The standard InChI is InChI=1S/C16H15N3O4S/c1-16(2)22-13(20)10(14(21)23-16)8-18-9-3-4-12-11(7-9)19-6-5-17-15(19)24-12/h3-4,7-8,18H,5-6H2,1-2H3. The van der Waals surface area contributed by atoms with Gasteiger partial charge in [-0.2, -0.15) is 0 Å². The first-order chi connectivity index (χ1) is 11.4. The maximum atomic E-state index is 11.9. The monoisotopic (exact) mass is 345 g/mol. The second kappa shape index (κ2) is 5.27. The highest BCUT2D eigenvalue weighted by Crippen LogP contribution is 2.43. The molecule has 7 nitrogen and oxygen atoms in total. The molecule has 0 bridgehead atoms. The van der Waals surface area contributed by atoms with Gasteiger partial charge in [0, 0.05) is 37.2 Å². The molecule has 0 aliphatic carbocycles. The van der Waals surface area contributed by atoms with E-state index < -0.39 is 17.7 Å². The molecule has 1 aromatic rings. The molecule has 0 spiro atoms. The van der Waals surface area contributed by atoms with Crippen LogP contribution in [0.2, 0.25) is 0 Å². The number of anilines is 2. The van der Waals surface area contributed by atoms with Gasteiger partial charge in [-0.05, 0) is 30.0 Å². The number of fused-ring (bicyclic) bond motifs is 3. The molecule has 3 aliphatic heterocycles. The van der Waals surface area contributed by atoms with Crippen LogP contribution >= 0.6 is 11.8 Å². The molecular weight excluding hydrogens is 330 g/mol. The fourth-order valence-electron chi connectivity index (χ4n) is 2.67. The van der Waals surface area contributed by atoms with Gasteiger partial charge in [-0.25, -0.2) is 9.59 Å². The number of esters is 2. The van der Waals surface area contributed by atoms with Crippen LogP contribution in [0, 0.1) is 0 Å². The molecule has 3 aliphatic rings. The first-order valence-electron chi connectivity index (χ1n) is 7.50. The molecule has 0 unspecified atom stereocenters. The SMILES string of the molecule is CC1(C)OC(=O)C(=CNc2ccc3c(c2)N2CCN=C2S3)C(=O)O1. The Kier molecular flexibility index (Phi) is 3.31. The van der Waals surface area contributed by atoms with Gasteiger partial charge in [0.25, 0.3) is 5.79 Å². The first-order valence-corrected chi connectivity index (χ1v) is 8.32. The number of carbonyl (C=O) groups excluding carboxylic acids is 2. The fourth-order valence-corrected chi connectivity index (χ4v) is 3.74. The van der Waals surface area contributed by atoms with E-state index in [1.807, 2.05) is 18.2 Å². The third kappa shape index (κ3) is 2.52. The molecule has 0 saturated carbocycles. The van der Waals surface area contributed by atoms with Crippen molar-refractivity contribution in [2.75, 3.05) is 23.3 Å². The summed E-state index contributed by atoms with van der Waals surface area (Å²) in [4.78, 5) is 31.6. The van der Waals surface area contributed by atoms with E-state index in [1.54, 1.807) is 11.8 Å². The van der Waals surface area contributed by atoms with Crippen molar-refractivity contribution in [3.63, 3.8) is 0 Å². The van der Waals surface area contributed by atoms with Crippen molar-refractivity contribution in [1.82, 2.24) is 0 Å². The predicted octanol–water partition coefficient (Wildman–Crippen LogP) is 2.10. The number of nitrogens with one attached hydrogen (secondary N) is 1. The summed E-state index contributed by atoms with van der Waals surface area (Å²) >= 11 is 1.65. The second-order valence-corrected chi connectivity index (χ2v) is 6.99. The molecular formula is C16H15N3O4S. The summed E-state index contributed by atoms with van der Waals surface area (Å²) in [5, 5.41) is 3.99. The summed E-state index contributed by atoms with van der Waals surface area (Å²) in [5.41, 5.74) is 1.68. The number of rotatable bonds is 2. The van der Waals surface area contributed by atoms with E-state index in [0.717, 1.165) is 34.5 Å². The van der Waals surface area contributed by atoms with Gasteiger partial charge in [-0.3, -0.25) is 4.99 Å². The van der Waals surface area contributed by atoms with Crippen molar-refractivity contribution in [2.24, 2.45) is 4.99 Å². The lowest BCUT2D eigenvalue weighted by atomic mass is 10.2. The summed E-state index contributed by atoms with van der Waals surface area (Å²) in [6.07, 6.45) is 1.32. The zero-order valence-electron chi connectivity index (χ0n) is 13.2. The number of ether oxygens (including phenoxy) is 2. The number of cyclic esters (lactones) is 2.